The van der Waals surface area contributed by atoms with Crippen molar-refractivity contribution in [1.29, 1.82) is 0 Å². The standard InChI is InChI=1S/C22H27FN2O3/c23-18-6-3-5-17(13-18)14-24-10-12-27-20(15-24)16-25(19-7-1-2-8-19)22(26)21-9-4-11-28-21/h3-6,9,11,13,19-20H,1-2,7-8,10,12,14-16H2. The van der Waals surface area contributed by atoms with Crippen LogP contribution in [0, 0.1) is 5.82 Å². The first-order valence-electron chi connectivity index (χ1n) is 10.1. The average molecular weight is 386 g/mol. The third kappa shape index (κ3) is 4.62. The molecule has 1 aromatic heterocycles. The zero-order chi connectivity index (χ0) is 19.3. The minimum atomic E-state index is -0.209. The van der Waals surface area contributed by atoms with Crippen molar-refractivity contribution in [2.24, 2.45) is 0 Å². The summed E-state index contributed by atoms with van der Waals surface area (Å²) in [5.74, 6) is 0.126. The van der Waals surface area contributed by atoms with Crippen molar-refractivity contribution in [3.05, 3.63) is 59.8 Å². The number of nitrogens with zero attached hydrogens (tertiary/aromatic N) is 2. The average Bonchev–Trinajstić information content (AvgIpc) is 3.40. The highest BCUT2D eigenvalue weighted by molar-refractivity contribution is 5.91. The number of hydrogen-bond acceptors (Lipinski definition) is 4. The molecule has 2 aliphatic rings. The Morgan fingerprint density at radius 1 is 1.21 bits per heavy atom. The fourth-order valence-corrected chi connectivity index (χ4v) is 4.30. The van der Waals surface area contributed by atoms with Gasteiger partial charge in [-0.3, -0.25) is 9.69 Å². The quantitative estimate of drug-likeness (QED) is 0.759. The number of benzene rings is 1. The topological polar surface area (TPSA) is 45.9 Å². The summed E-state index contributed by atoms with van der Waals surface area (Å²) in [4.78, 5) is 17.2. The van der Waals surface area contributed by atoms with Gasteiger partial charge in [0.05, 0.1) is 19.0 Å². The Kier molecular flexibility index (Phi) is 6.07. The Hall–Kier alpha value is -2.18. The molecule has 0 bridgehead atoms. The van der Waals surface area contributed by atoms with Crippen molar-refractivity contribution in [1.82, 2.24) is 9.80 Å². The lowest BCUT2D eigenvalue weighted by atomic mass is 10.1. The molecule has 1 aromatic carbocycles. The normalized spacial score (nSPS) is 21.1. The molecule has 2 heterocycles. The molecule has 150 valence electrons. The van der Waals surface area contributed by atoms with Crippen LogP contribution in [-0.2, 0) is 11.3 Å². The van der Waals surface area contributed by atoms with Gasteiger partial charge < -0.3 is 14.1 Å². The largest absolute Gasteiger partial charge is 0.459 e. The van der Waals surface area contributed by atoms with E-state index in [1.807, 2.05) is 11.0 Å². The lowest BCUT2D eigenvalue weighted by molar-refractivity contribution is -0.0471. The zero-order valence-corrected chi connectivity index (χ0v) is 16.1. The second-order valence-electron chi connectivity index (χ2n) is 7.73. The van der Waals surface area contributed by atoms with Crippen LogP contribution in [0.3, 0.4) is 0 Å². The first-order valence-corrected chi connectivity index (χ1v) is 10.1. The van der Waals surface area contributed by atoms with Crippen LogP contribution in [0.25, 0.3) is 0 Å². The van der Waals surface area contributed by atoms with E-state index in [1.165, 1.54) is 12.3 Å². The predicted octanol–water partition coefficient (Wildman–Crippen LogP) is 3.70. The van der Waals surface area contributed by atoms with E-state index in [1.54, 1.807) is 24.3 Å². The predicted molar refractivity (Wildman–Crippen MR) is 103 cm³/mol. The van der Waals surface area contributed by atoms with Crippen molar-refractivity contribution < 1.29 is 18.3 Å². The molecule has 6 heteroatoms. The monoisotopic (exact) mass is 386 g/mol. The number of morpholine rings is 1. The SMILES string of the molecule is O=C(c1ccco1)N(CC1CN(Cc2cccc(F)c2)CCO1)C1CCCC1. The summed E-state index contributed by atoms with van der Waals surface area (Å²) in [6.07, 6.45) is 5.87. The maximum absolute atomic E-state index is 13.5. The molecule has 5 nitrogen and oxygen atoms in total. The molecule has 1 atom stereocenters. The van der Waals surface area contributed by atoms with Gasteiger partial charge >= 0.3 is 0 Å². The van der Waals surface area contributed by atoms with Crippen LogP contribution in [0.15, 0.2) is 47.1 Å². The van der Waals surface area contributed by atoms with Crippen LogP contribution in [0.1, 0.15) is 41.8 Å². The molecule has 0 radical (unpaired) electrons. The second kappa shape index (κ2) is 8.88. The lowest BCUT2D eigenvalue weighted by Crippen LogP contribution is -2.50. The van der Waals surface area contributed by atoms with E-state index in [2.05, 4.69) is 4.90 Å². The molecule has 1 saturated carbocycles. The summed E-state index contributed by atoms with van der Waals surface area (Å²) < 4.78 is 24.8. The van der Waals surface area contributed by atoms with Crippen molar-refractivity contribution >= 4 is 5.91 Å². The number of amides is 1. The second-order valence-corrected chi connectivity index (χ2v) is 7.73. The molecule has 0 N–H and O–H groups in total. The summed E-state index contributed by atoms with van der Waals surface area (Å²) in [5, 5.41) is 0. The Balaban J connectivity index is 1.41. The molecule has 1 unspecified atom stereocenters. The number of halogens is 1. The van der Waals surface area contributed by atoms with Gasteiger partial charge in [-0.25, -0.2) is 4.39 Å². The van der Waals surface area contributed by atoms with E-state index in [0.717, 1.165) is 44.3 Å². The van der Waals surface area contributed by atoms with E-state index in [0.29, 0.717) is 25.5 Å². The molecule has 28 heavy (non-hydrogen) atoms. The number of ether oxygens (including phenoxy) is 1. The number of rotatable bonds is 6. The fraction of sp³-hybridized carbons (Fsp3) is 0.500. The molecule has 2 fully saturated rings. The van der Waals surface area contributed by atoms with Crippen LogP contribution in [0.5, 0.6) is 0 Å². The van der Waals surface area contributed by atoms with Gasteiger partial charge in [0.15, 0.2) is 5.76 Å². The highest BCUT2D eigenvalue weighted by atomic mass is 19.1. The van der Waals surface area contributed by atoms with Crippen molar-refractivity contribution in [2.75, 3.05) is 26.2 Å². The summed E-state index contributed by atoms with van der Waals surface area (Å²) in [5.41, 5.74) is 0.958. The molecular formula is C22H27FN2O3. The fourth-order valence-electron chi connectivity index (χ4n) is 4.30. The van der Waals surface area contributed by atoms with Gasteiger partial charge in [-0.1, -0.05) is 25.0 Å². The molecule has 4 rings (SSSR count). The third-order valence-corrected chi connectivity index (χ3v) is 5.68. The van der Waals surface area contributed by atoms with Gasteiger partial charge in [-0.05, 0) is 42.7 Å². The van der Waals surface area contributed by atoms with E-state index < -0.39 is 0 Å². The third-order valence-electron chi connectivity index (χ3n) is 5.68. The maximum Gasteiger partial charge on any atom is 0.289 e. The molecular weight excluding hydrogens is 359 g/mol. The van der Waals surface area contributed by atoms with Crippen molar-refractivity contribution in [3.8, 4) is 0 Å². The van der Waals surface area contributed by atoms with Gasteiger partial charge in [0.1, 0.15) is 5.82 Å². The van der Waals surface area contributed by atoms with Crippen LogP contribution in [-0.4, -0.2) is 54.1 Å². The number of furan rings is 1. The molecule has 2 aromatic rings. The van der Waals surface area contributed by atoms with Crippen molar-refractivity contribution in [3.63, 3.8) is 0 Å². The first kappa shape index (κ1) is 19.2. The van der Waals surface area contributed by atoms with Gasteiger partial charge in [-0.15, -0.1) is 0 Å². The molecule has 1 aliphatic carbocycles. The van der Waals surface area contributed by atoms with Gasteiger partial charge in [0, 0.05) is 32.2 Å². The zero-order valence-electron chi connectivity index (χ0n) is 16.1. The summed E-state index contributed by atoms with van der Waals surface area (Å²) in [6, 6.07) is 10.5. The Morgan fingerprint density at radius 2 is 2.07 bits per heavy atom. The van der Waals surface area contributed by atoms with Gasteiger partial charge in [0.25, 0.3) is 5.91 Å². The van der Waals surface area contributed by atoms with Crippen LogP contribution in [0.2, 0.25) is 0 Å². The smallest absolute Gasteiger partial charge is 0.289 e. The van der Waals surface area contributed by atoms with E-state index in [4.69, 9.17) is 9.15 Å². The number of carbonyl (C=O) groups is 1. The number of hydrogen-bond donors (Lipinski definition) is 0. The highest BCUT2D eigenvalue weighted by Gasteiger charge is 2.32. The first-order chi connectivity index (χ1) is 13.7. The van der Waals surface area contributed by atoms with E-state index in [-0.39, 0.29) is 23.9 Å². The molecule has 1 saturated heterocycles. The lowest BCUT2D eigenvalue weighted by Gasteiger charge is -2.37. The van der Waals surface area contributed by atoms with Crippen molar-refractivity contribution in [2.45, 2.75) is 44.4 Å². The Bertz CT molecular complexity index is 774. The van der Waals surface area contributed by atoms with Gasteiger partial charge in [0.2, 0.25) is 0 Å². The number of carbonyl (C=O) groups excluding carboxylic acids is 1. The van der Waals surface area contributed by atoms with Crippen LogP contribution < -0.4 is 0 Å². The molecule has 0 spiro atoms. The van der Waals surface area contributed by atoms with Crippen LogP contribution in [0.4, 0.5) is 4.39 Å². The maximum atomic E-state index is 13.5. The Labute approximate surface area is 165 Å². The van der Waals surface area contributed by atoms with Crippen LogP contribution >= 0.6 is 0 Å². The minimum Gasteiger partial charge on any atom is -0.459 e. The highest BCUT2D eigenvalue weighted by Crippen LogP contribution is 2.26. The molecule has 1 amide bonds. The molecule has 1 aliphatic heterocycles. The van der Waals surface area contributed by atoms with E-state index in [9.17, 15) is 9.18 Å². The minimum absolute atomic E-state index is 0.0530. The summed E-state index contributed by atoms with van der Waals surface area (Å²) >= 11 is 0. The summed E-state index contributed by atoms with van der Waals surface area (Å²) in [6.45, 7) is 3.40. The van der Waals surface area contributed by atoms with Gasteiger partial charge in [-0.2, -0.15) is 0 Å². The van der Waals surface area contributed by atoms with E-state index >= 15 is 0 Å². The Morgan fingerprint density at radius 3 is 2.82 bits per heavy atom. The summed E-state index contributed by atoms with van der Waals surface area (Å²) in [7, 11) is 0.